The van der Waals surface area contributed by atoms with E-state index in [1.807, 2.05) is 10.6 Å². The van der Waals surface area contributed by atoms with Crippen molar-refractivity contribution in [2.45, 2.75) is 20.8 Å². The molecule has 0 bridgehead atoms. The van der Waals surface area contributed by atoms with Gasteiger partial charge in [0.2, 0.25) is 5.95 Å². The standard InChI is InChI=1S/C14H15N3S/c1-8-4-10(3)11(5-9(8)2)12-7-18-13-6-16-14(15)17(12)13/h4-7H,1-3H3,(H2,15,16). The lowest BCUT2D eigenvalue weighted by molar-refractivity contribution is 1.19. The van der Waals surface area contributed by atoms with Gasteiger partial charge in [-0.05, 0) is 43.5 Å². The van der Waals surface area contributed by atoms with Gasteiger partial charge in [0.1, 0.15) is 4.83 Å². The Hall–Kier alpha value is -1.81. The van der Waals surface area contributed by atoms with Crippen molar-refractivity contribution < 1.29 is 0 Å². The molecule has 0 aliphatic heterocycles. The molecule has 4 heteroatoms. The highest BCUT2D eigenvalue weighted by atomic mass is 32.1. The van der Waals surface area contributed by atoms with Crippen LogP contribution in [0.25, 0.3) is 16.1 Å². The molecule has 18 heavy (non-hydrogen) atoms. The number of nitrogen functional groups attached to an aromatic ring is 1. The second-order valence-electron chi connectivity index (χ2n) is 4.66. The van der Waals surface area contributed by atoms with Crippen LogP contribution in [-0.2, 0) is 0 Å². The SMILES string of the molecule is Cc1cc(C)c(-c2csc3cnc(N)n23)cc1C. The number of aryl methyl sites for hydroxylation is 3. The van der Waals surface area contributed by atoms with Crippen LogP contribution in [0.4, 0.5) is 5.95 Å². The highest BCUT2D eigenvalue weighted by Gasteiger charge is 2.12. The molecule has 0 aliphatic carbocycles. The molecule has 0 saturated carbocycles. The van der Waals surface area contributed by atoms with Crippen molar-refractivity contribution in [2.75, 3.05) is 5.73 Å². The number of anilines is 1. The fourth-order valence-electron chi connectivity index (χ4n) is 2.26. The van der Waals surface area contributed by atoms with Crippen LogP contribution in [0.1, 0.15) is 16.7 Å². The lowest BCUT2D eigenvalue weighted by Crippen LogP contribution is -1.96. The Morgan fingerprint density at radius 2 is 1.83 bits per heavy atom. The van der Waals surface area contributed by atoms with E-state index < -0.39 is 0 Å². The second kappa shape index (κ2) is 3.85. The van der Waals surface area contributed by atoms with Gasteiger partial charge in [-0.2, -0.15) is 0 Å². The van der Waals surface area contributed by atoms with Crippen molar-refractivity contribution in [1.29, 1.82) is 0 Å². The number of aromatic nitrogens is 2. The summed E-state index contributed by atoms with van der Waals surface area (Å²) >= 11 is 1.67. The number of thiazole rings is 1. The lowest BCUT2D eigenvalue weighted by Gasteiger charge is -2.09. The van der Waals surface area contributed by atoms with Crippen LogP contribution in [0.15, 0.2) is 23.7 Å². The second-order valence-corrected chi connectivity index (χ2v) is 5.55. The molecular weight excluding hydrogens is 242 g/mol. The summed E-state index contributed by atoms with van der Waals surface area (Å²) in [5.41, 5.74) is 12.2. The zero-order chi connectivity index (χ0) is 12.9. The molecule has 3 aromatic rings. The summed E-state index contributed by atoms with van der Waals surface area (Å²) in [5, 5.41) is 2.14. The molecule has 0 saturated heterocycles. The van der Waals surface area contributed by atoms with Gasteiger partial charge in [-0.3, -0.25) is 4.40 Å². The van der Waals surface area contributed by atoms with Gasteiger partial charge in [-0.1, -0.05) is 6.07 Å². The van der Waals surface area contributed by atoms with Crippen LogP contribution in [0.3, 0.4) is 0 Å². The topological polar surface area (TPSA) is 43.3 Å². The third-order valence-corrected chi connectivity index (χ3v) is 4.28. The summed E-state index contributed by atoms with van der Waals surface area (Å²) < 4.78 is 2.02. The van der Waals surface area contributed by atoms with Crippen LogP contribution in [0.5, 0.6) is 0 Å². The monoisotopic (exact) mass is 257 g/mol. The number of rotatable bonds is 1. The summed E-state index contributed by atoms with van der Waals surface area (Å²) in [6, 6.07) is 4.45. The third-order valence-electron chi connectivity index (χ3n) is 3.41. The maximum atomic E-state index is 5.94. The molecule has 3 nitrogen and oxygen atoms in total. The number of hydrogen-bond donors (Lipinski definition) is 1. The van der Waals surface area contributed by atoms with E-state index in [9.17, 15) is 0 Å². The Bertz CT molecular complexity index is 737. The number of nitrogens with two attached hydrogens (primary N) is 1. The number of fused-ring (bicyclic) bond motifs is 1. The summed E-state index contributed by atoms with van der Waals surface area (Å²) in [6.07, 6.45) is 1.82. The molecule has 3 rings (SSSR count). The first kappa shape index (κ1) is 11.3. The molecule has 92 valence electrons. The molecule has 2 N–H and O–H groups in total. The van der Waals surface area contributed by atoms with Gasteiger partial charge in [0.25, 0.3) is 0 Å². The van der Waals surface area contributed by atoms with Crippen molar-refractivity contribution in [2.24, 2.45) is 0 Å². The van der Waals surface area contributed by atoms with E-state index in [0.29, 0.717) is 5.95 Å². The molecule has 0 amide bonds. The Morgan fingerprint density at radius 3 is 2.61 bits per heavy atom. The van der Waals surface area contributed by atoms with Crippen molar-refractivity contribution in [3.8, 4) is 11.3 Å². The number of benzene rings is 1. The summed E-state index contributed by atoms with van der Waals surface area (Å²) in [7, 11) is 0. The minimum atomic E-state index is 0.555. The average molecular weight is 257 g/mol. The highest BCUT2D eigenvalue weighted by Crippen LogP contribution is 2.31. The van der Waals surface area contributed by atoms with Gasteiger partial charge in [0, 0.05) is 10.9 Å². The Balaban J connectivity index is 2.32. The van der Waals surface area contributed by atoms with Crippen LogP contribution in [-0.4, -0.2) is 9.38 Å². The maximum Gasteiger partial charge on any atom is 0.206 e. The van der Waals surface area contributed by atoms with Crippen LogP contribution >= 0.6 is 11.3 Å². The van der Waals surface area contributed by atoms with Crippen molar-refractivity contribution in [3.05, 3.63) is 40.4 Å². The van der Waals surface area contributed by atoms with E-state index in [0.717, 1.165) is 10.5 Å². The van der Waals surface area contributed by atoms with E-state index in [2.05, 4.69) is 43.3 Å². The van der Waals surface area contributed by atoms with E-state index in [-0.39, 0.29) is 0 Å². The smallest absolute Gasteiger partial charge is 0.206 e. The first-order chi connectivity index (χ1) is 8.58. The molecule has 2 heterocycles. The summed E-state index contributed by atoms with van der Waals surface area (Å²) in [4.78, 5) is 5.25. The Morgan fingerprint density at radius 1 is 1.11 bits per heavy atom. The zero-order valence-electron chi connectivity index (χ0n) is 10.7. The molecular formula is C14H15N3S. The number of hydrogen-bond acceptors (Lipinski definition) is 3. The quantitative estimate of drug-likeness (QED) is 0.724. The van der Waals surface area contributed by atoms with Gasteiger partial charge in [0.15, 0.2) is 0 Å². The largest absolute Gasteiger partial charge is 0.369 e. The van der Waals surface area contributed by atoms with Gasteiger partial charge >= 0.3 is 0 Å². The van der Waals surface area contributed by atoms with Gasteiger partial charge < -0.3 is 5.73 Å². The van der Waals surface area contributed by atoms with Gasteiger partial charge in [-0.25, -0.2) is 4.98 Å². The summed E-state index contributed by atoms with van der Waals surface area (Å²) in [5.74, 6) is 0.555. The first-order valence-corrected chi connectivity index (χ1v) is 6.74. The first-order valence-electron chi connectivity index (χ1n) is 5.86. The Labute approximate surface area is 110 Å². The molecule has 0 atom stereocenters. The molecule has 0 fully saturated rings. The highest BCUT2D eigenvalue weighted by molar-refractivity contribution is 7.16. The minimum absolute atomic E-state index is 0.555. The zero-order valence-corrected chi connectivity index (χ0v) is 11.5. The van der Waals surface area contributed by atoms with E-state index in [4.69, 9.17) is 5.73 Å². The van der Waals surface area contributed by atoms with Crippen LogP contribution in [0, 0.1) is 20.8 Å². The summed E-state index contributed by atoms with van der Waals surface area (Å²) in [6.45, 7) is 6.42. The number of imidazole rings is 1. The molecule has 1 aromatic carbocycles. The molecule has 0 radical (unpaired) electrons. The van der Waals surface area contributed by atoms with Crippen molar-refractivity contribution >= 4 is 22.1 Å². The molecule has 2 aromatic heterocycles. The van der Waals surface area contributed by atoms with E-state index >= 15 is 0 Å². The fraction of sp³-hybridized carbons (Fsp3) is 0.214. The van der Waals surface area contributed by atoms with Gasteiger partial charge in [0.05, 0.1) is 11.9 Å². The van der Waals surface area contributed by atoms with E-state index in [1.54, 1.807) is 11.3 Å². The molecule has 0 spiro atoms. The van der Waals surface area contributed by atoms with Crippen LogP contribution < -0.4 is 5.73 Å². The minimum Gasteiger partial charge on any atom is -0.369 e. The van der Waals surface area contributed by atoms with Crippen LogP contribution in [0.2, 0.25) is 0 Å². The van der Waals surface area contributed by atoms with Crippen molar-refractivity contribution in [3.63, 3.8) is 0 Å². The third kappa shape index (κ3) is 1.53. The predicted octanol–water partition coefficient (Wildman–Crippen LogP) is 3.57. The van der Waals surface area contributed by atoms with Gasteiger partial charge in [-0.15, -0.1) is 11.3 Å². The van der Waals surface area contributed by atoms with Crippen molar-refractivity contribution in [1.82, 2.24) is 9.38 Å². The lowest BCUT2D eigenvalue weighted by atomic mass is 9.99. The molecule has 0 aliphatic rings. The average Bonchev–Trinajstić information content (AvgIpc) is 2.88. The molecule has 0 unspecified atom stereocenters. The fourth-order valence-corrected chi connectivity index (χ4v) is 3.14. The van der Waals surface area contributed by atoms with E-state index in [1.165, 1.54) is 22.3 Å². The maximum absolute atomic E-state index is 5.94. The Kier molecular flexibility index (Phi) is 2.41. The number of nitrogens with zero attached hydrogens (tertiary/aromatic N) is 2. The predicted molar refractivity (Wildman–Crippen MR) is 77.1 cm³/mol. The normalized spacial score (nSPS) is 11.3.